The number of phenolic OH excluding ortho intramolecular Hbond substituents is 1. The van der Waals surface area contributed by atoms with Crippen molar-refractivity contribution in [2.45, 2.75) is 56.3 Å². The number of fused-ring (bicyclic) bond motifs is 1. The molecule has 2 aliphatic rings. The summed E-state index contributed by atoms with van der Waals surface area (Å²) in [5.41, 5.74) is -1.39. The summed E-state index contributed by atoms with van der Waals surface area (Å²) in [4.78, 5) is 54.5. The van der Waals surface area contributed by atoms with Gasteiger partial charge in [0.1, 0.15) is 11.5 Å². The van der Waals surface area contributed by atoms with E-state index in [-0.39, 0.29) is 58.6 Å². The number of H-pyrrole nitrogens is 1. The van der Waals surface area contributed by atoms with E-state index in [0.717, 1.165) is 12.8 Å². The lowest BCUT2D eigenvalue weighted by atomic mass is 9.84. The molecule has 1 aromatic heterocycles. The summed E-state index contributed by atoms with van der Waals surface area (Å²) in [5, 5.41) is 48.9. The Morgan fingerprint density at radius 1 is 0.906 bits per heavy atom. The first kappa shape index (κ1) is 37.5. The molecule has 2 amide bonds. The summed E-state index contributed by atoms with van der Waals surface area (Å²) in [7, 11) is 0. The molecule has 13 heteroatoms. The zero-order valence-electron chi connectivity index (χ0n) is 29.4. The number of pyridine rings is 1. The molecule has 3 aromatic carbocycles. The van der Waals surface area contributed by atoms with Crippen LogP contribution in [-0.2, 0) is 20.0 Å². The maximum Gasteiger partial charge on any atom is 0.345 e. The minimum Gasteiger partial charge on any atom is -0.506 e. The number of piperidine rings is 1. The van der Waals surface area contributed by atoms with Crippen molar-refractivity contribution in [2.24, 2.45) is 11.8 Å². The minimum atomic E-state index is -2.28. The molecule has 4 aromatic rings. The number of aliphatic hydroxyl groups excluding tert-OH is 1. The van der Waals surface area contributed by atoms with Crippen LogP contribution in [0.15, 0.2) is 83.7 Å². The highest BCUT2D eigenvalue weighted by Crippen LogP contribution is 2.33. The van der Waals surface area contributed by atoms with Gasteiger partial charge in [0.25, 0.3) is 5.91 Å². The molecule has 0 spiro atoms. The first-order valence-corrected chi connectivity index (χ1v) is 18.1. The normalized spacial score (nSPS) is 19.6. The first-order valence-electron chi connectivity index (χ1n) is 18.1. The maximum atomic E-state index is 13.4. The highest BCUT2D eigenvalue weighted by molar-refractivity contribution is 5.87. The van der Waals surface area contributed by atoms with E-state index in [2.05, 4.69) is 15.6 Å². The third-order valence-electron chi connectivity index (χ3n) is 10.5. The van der Waals surface area contributed by atoms with Gasteiger partial charge in [-0.15, -0.1) is 0 Å². The molecule has 2 fully saturated rings. The van der Waals surface area contributed by atoms with Crippen LogP contribution in [0.2, 0.25) is 0 Å². The smallest absolute Gasteiger partial charge is 0.345 e. The number of aliphatic carboxylic acids is 1. The molecule has 1 aliphatic carbocycles. The van der Waals surface area contributed by atoms with E-state index in [1.165, 1.54) is 36.4 Å². The maximum absolute atomic E-state index is 13.4. The molecule has 13 nitrogen and oxygen atoms in total. The van der Waals surface area contributed by atoms with Crippen molar-refractivity contribution in [1.29, 1.82) is 0 Å². The Kier molecular flexibility index (Phi) is 11.8. The third kappa shape index (κ3) is 8.70. The quantitative estimate of drug-likeness (QED) is 0.107. The Bertz CT molecular complexity index is 1970. The Labute approximate surface area is 306 Å². The molecule has 6 rings (SSSR count). The zero-order valence-corrected chi connectivity index (χ0v) is 29.4. The number of aromatic nitrogens is 1. The van der Waals surface area contributed by atoms with Crippen LogP contribution < -0.4 is 20.9 Å². The number of carboxylic acids is 1. The lowest BCUT2D eigenvalue weighted by molar-refractivity contribution is -0.155. The number of nitrogens with one attached hydrogen (secondary N) is 3. The average Bonchev–Trinajstić information content (AvgIpc) is 3.17. The van der Waals surface area contributed by atoms with E-state index < -0.39 is 17.7 Å². The second-order valence-corrected chi connectivity index (χ2v) is 14.0. The second kappa shape index (κ2) is 16.6. The summed E-state index contributed by atoms with van der Waals surface area (Å²) in [6.45, 7) is 2.08. The number of benzene rings is 3. The van der Waals surface area contributed by atoms with Crippen LogP contribution >= 0.6 is 0 Å². The van der Waals surface area contributed by atoms with Crippen molar-refractivity contribution < 1.29 is 39.5 Å². The summed E-state index contributed by atoms with van der Waals surface area (Å²) >= 11 is 0. The van der Waals surface area contributed by atoms with Crippen molar-refractivity contribution >= 4 is 28.7 Å². The molecule has 280 valence electrons. The molecule has 1 aliphatic heterocycles. The van der Waals surface area contributed by atoms with Gasteiger partial charge in [0.05, 0.1) is 11.6 Å². The highest BCUT2D eigenvalue weighted by Gasteiger charge is 2.40. The number of phenols is 1. The number of amides is 2. The second-order valence-electron chi connectivity index (χ2n) is 14.0. The van der Waals surface area contributed by atoms with Crippen molar-refractivity contribution in [3.05, 3.63) is 106 Å². The molecule has 1 saturated heterocycles. The van der Waals surface area contributed by atoms with Crippen LogP contribution in [-0.4, -0.2) is 86.9 Å². The van der Waals surface area contributed by atoms with E-state index in [4.69, 9.17) is 4.74 Å². The number of nitrogens with zero attached hydrogens (tertiary/aromatic N) is 1. The summed E-state index contributed by atoms with van der Waals surface area (Å²) in [6.07, 6.45) is 3.59. The highest BCUT2D eigenvalue weighted by atomic mass is 16.5. The van der Waals surface area contributed by atoms with Crippen LogP contribution in [0.5, 0.6) is 11.5 Å². The molecule has 1 saturated carbocycles. The Morgan fingerprint density at radius 2 is 1.62 bits per heavy atom. The van der Waals surface area contributed by atoms with Crippen molar-refractivity contribution in [1.82, 2.24) is 20.5 Å². The van der Waals surface area contributed by atoms with E-state index in [9.17, 15) is 39.6 Å². The molecule has 2 atom stereocenters. The molecule has 0 radical (unpaired) electrons. The minimum absolute atomic E-state index is 0.0508. The topological polar surface area (TPSA) is 202 Å². The predicted octanol–water partition coefficient (Wildman–Crippen LogP) is 3.17. The number of aromatic hydroxyl groups is 1. The van der Waals surface area contributed by atoms with Gasteiger partial charge in [-0.1, -0.05) is 48.5 Å². The average molecular weight is 727 g/mol. The van der Waals surface area contributed by atoms with E-state index in [1.807, 2.05) is 4.90 Å². The molecular formula is C40H46N4O9. The van der Waals surface area contributed by atoms with Gasteiger partial charge >= 0.3 is 5.97 Å². The SMILES string of the molecule is O=C(COc1cccc(C(O)(C(=O)O)c2ccccc2)c1)NC1CCC(C(=O)N2CCC(CNCC(O)c3ccc(O)c4[nH]c(=O)ccc34)CC2)CC1. The lowest BCUT2D eigenvalue weighted by Gasteiger charge is -2.36. The summed E-state index contributed by atoms with van der Waals surface area (Å²) < 4.78 is 5.67. The van der Waals surface area contributed by atoms with Gasteiger partial charge in [-0.3, -0.25) is 14.4 Å². The molecule has 2 heterocycles. The number of hydrogen-bond donors (Lipinski definition) is 7. The number of aliphatic hydroxyl groups is 2. The standard InChI is InChI=1S/C40H46N4O9/c45-33-15-13-31(32-14-16-35(47)43-37(32)33)34(46)23-41-22-25-17-19-44(20-18-25)38(49)26-9-11-29(12-10-26)42-36(48)24-53-30-8-4-7-28(21-30)40(52,39(50)51)27-5-2-1-3-6-27/h1-8,13-16,21,25-26,29,34,41,45-46,52H,9-12,17-20,22-24H2,(H,42,48)(H,43,47)(H,50,51). The monoisotopic (exact) mass is 726 g/mol. The molecule has 2 unspecified atom stereocenters. The van der Waals surface area contributed by atoms with Gasteiger partial charge in [0, 0.05) is 48.6 Å². The van der Waals surface area contributed by atoms with Crippen LogP contribution in [0, 0.1) is 11.8 Å². The molecule has 53 heavy (non-hydrogen) atoms. The van der Waals surface area contributed by atoms with Gasteiger partial charge in [-0.2, -0.15) is 0 Å². The van der Waals surface area contributed by atoms with Crippen molar-refractivity contribution in [3.8, 4) is 11.5 Å². The van der Waals surface area contributed by atoms with Gasteiger partial charge in [0.15, 0.2) is 6.61 Å². The molecule has 0 bridgehead atoms. The molecule has 7 N–H and O–H groups in total. The predicted molar refractivity (Wildman–Crippen MR) is 196 cm³/mol. The number of ether oxygens (including phenoxy) is 1. The van der Waals surface area contributed by atoms with E-state index >= 15 is 0 Å². The van der Waals surface area contributed by atoms with Crippen LogP contribution in [0.25, 0.3) is 10.9 Å². The van der Waals surface area contributed by atoms with Gasteiger partial charge < -0.3 is 45.7 Å². The summed E-state index contributed by atoms with van der Waals surface area (Å²) in [5.74, 6) is -1.11. The number of likely N-dealkylation sites (tertiary alicyclic amines) is 1. The third-order valence-corrected chi connectivity index (χ3v) is 10.5. The number of carboxylic acid groups (broad SMARTS) is 1. The van der Waals surface area contributed by atoms with Crippen LogP contribution in [0.4, 0.5) is 0 Å². The fourth-order valence-corrected chi connectivity index (χ4v) is 7.51. The Balaban J connectivity index is 0.899. The van der Waals surface area contributed by atoms with Gasteiger partial charge in [-0.05, 0) is 86.4 Å². The lowest BCUT2D eigenvalue weighted by Crippen LogP contribution is -2.46. The number of rotatable bonds is 13. The van der Waals surface area contributed by atoms with Gasteiger partial charge in [-0.25, -0.2) is 4.79 Å². The van der Waals surface area contributed by atoms with Crippen LogP contribution in [0.3, 0.4) is 0 Å². The largest absolute Gasteiger partial charge is 0.506 e. The van der Waals surface area contributed by atoms with Crippen LogP contribution in [0.1, 0.15) is 61.3 Å². The fraction of sp³-hybridized carbons (Fsp3) is 0.400. The number of carbonyl (C=O) groups is 3. The Morgan fingerprint density at radius 3 is 2.34 bits per heavy atom. The number of carbonyl (C=O) groups excluding carboxylic acids is 2. The van der Waals surface area contributed by atoms with Gasteiger partial charge in [0.2, 0.25) is 17.1 Å². The Hall–Kier alpha value is -5.24. The zero-order chi connectivity index (χ0) is 37.5. The number of aromatic amines is 1. The fourth-order valence-electron chi connectivity index (χ4n) is 7.51. The summed E-state index contributed by atoms with van der Waals surface area (Å²) in [6, 6.07) is 20.2. The van der Waals surface area contributed by atoms with E-state index in [1.54, 1.807) is 42.5 Å². The van der Waals surface area contributed by atoms with Crippen molar-refractivity contribution in [2.75, 3.05) is 32.8 Å². The van der Waals surface area contributed by atoms with Crippen molar-refractivity contribution in [3.63, 3.8) is 0 Å². The first-order chi connectivity index (χ1) is 25.5. The number of hydrogen-bond acceptors (Lipinski definition) is 9. The van der Waals surface area contributed by atoms with E-state index in [0.29, 0.717) is 74.2 Å². The molecular weight excluding hydrogens is 680 g/mol.